The summed E-state index contributed by atoms with van der Waals surface area (Å²) in [5, 5.41) is 10.7. The average molecular weight is 329 g/mol. The number of nitro groups is 1. The standard InChI is InChI=1S/C17H15NO6/c1-3-23-17(20)15(11(2)19)10-14-8-9-16(24-14)12-4-6-13(7-5-12)18(21)22/h4-10H,3H2,1-2H3. The highest BCUT2D eigenvalue weighted by atomic mass is 16.6. The number of Topliss-reactive ketones (excluding diaryl/α,β-unsaturated/α-hetero) is 1. The van der Waals surface area contributed by atoms with Gasteiger partial charge in [0, 0.05) is 17.7 Å². The maximum Gasteiger partial charge on any atom is 0.341 e. The van der Waals surface area contributed by atoms with Crippen LogP contribution in [0.5, 0.6) is 0 Å². The molecule has 0 amide bonds. The molecule has 0 N–H and O–H groups in total. The summed E-state index contributed by atoms with van der Waals surface area (Å²) < 4.78 is 10.4. The van der Waals surface area contributed by atoms with Crippen molar-refractivity contribution in [2.45, 2.75) is 13.8 Å². The van der Waals surface area contributed by atoms with E-state index in [1.165, 1.54) is 25.1 Å². The number of non-ortho nitro benzene ring substituents is 1. The third-order valence-electron chi connectivity index (χ3n) is 3.15. The van der Waals surface area contributed by atoms with E-state index in [1.807, 2.05) is 0 Å². The monoisotopic (exact) mass is 329 g/mol. The van der Waals surface area contributed by atoms with E-state index < -0.39 is 16.7 Å². The first kappa shape index (κ1) is 17.1. The molecule has 24 heavy (non-hydrogen) atoms. The van der Waals surface area contributed by atoms with E-state index in [-0.39, 0.29) is 17.9 Å². The molecule has 0 saturated carbocycles. The van der Waals surface area contributed by atoms with Crippen LogP contribution in [0, 0.1) is 10.1 Å². The lowest BCUT2D eigenvalue weighted by Gasteiger charge is -2.02. The highest BCUT2D eigenvalue weighted by Crippen LogP contribution is 2.25. The van der Waals surface area contributed by atoms with Gasteiger partial charge >= 0.3 is 5.97 Å². The molecule has 2 rings (SSSR count). The lowest BCUT2D eigenvalue weighted by atomic mass is 10.1. The number of ether oxygens (including phenoxy) is 1. The molecule has 0 atom stereocenters. The quantitative estimate of drug-likeness (QED) is 0.201. The Morgan fingerprint density at radius 3 is 2.42 bits per heavy atom. The van der Waals surface area contributed by atoms with Crippen LogP contribution in [-0.4, -0.2) is 23.3 Å². The minimum absolute atomic E-state index is 0.0217. The van der Waals surface area contributed by atoms with Crippen LogP contribution in [0.3, 0.4) is 0 Å². The average Bonchev–Trinajstić information content (AvgIpc) is 3.01. The van der Waals surface area contributed by atoms with Gasteiger partial charge in [-0.25, -0.2) is 4.79 Å². The van der Waals surface area contributed by atoms with Crippen LogP contribution in [0.25, 0.3) is 17.4 Å². The molecule has 0 aliphatic heterocycles. The topological polar surface area (TPSA) is 99.7 Å². The largest absolute Gasteiger partial charge is 0.462 e. The third kappa shape index (κ3) is 3.95. The van der Waals surface area contributed by atoms with Gasteiger partial charge in [-0.1, -0.05) is 0 Å². The van der Waals surface area contributed by atoms with Crippen molar-refractivity contribution in [2.24, 2.45) is 0 Å². The predicted octanol–water partition coefficient (Wildman–Crippen LogP) is 3.39. The van der Waals surface area contributed by atoms with Crippen molar-refractivity contribution in [1.82, 2.24) is 0 Å². The van der Waals surface area contributed by atoms with Crippen molar-refractivity contribution in [3.63, 3.8) is 0 Å². The molecule has 0 bridgehead atoms. The molecule has 0 unspecified atom stereocenters. The Labute approximate surface area is 137 Å². The van der Waals surface area contributed by atoms with Crippen molar-refractivity contribution in [1.29, 1.82) is 0 Å². The number of nitrogens with zero attached hydrogens (tertiary/aromatic N) is 1. The van der Waals surface area contributed by atoms with Gasteiger partial charge in [-0.3, -0.25) is 14.9 Å². The number of hydrogen-bond donors (Lipinski definition) is 0. The Balaban J connectivity index is 2.28. The van der Waals surface area contributed by atoms with Crippen LogP contribution < -0.4 is 0 Å². The highest BCUT2D eigenvalue weighted by Gasteiger charge is 2.17. The molecule has 0 spiro atoms. The molecule has 0 aliphatic rings. The molecular formula is C17H15NO6. The molecule has 0 fully saturated rings. The molecule has 0 radical (unpaired) electrons. The second kappa shape index (κ2) is 7.36. The first-order valence-electron chi connectivity index (χ1n) is 7.16. The summed E-state index contributed by atoms with van der Waals surface area (Å²) in [5.41, 5.74) is 0.508. The fraction of sp³-hybridized carbons (Fsp3) is 0.176. The van der Waals surface area contributed by atoms with E-state index in [9.17, 15) is 19.7 Å². The number of benzene rings is 1. The summed E-state index contributed by atoms with van der Waals surface area (Å²) in [5.74, 6) is -0.371. The first-order chi connectivity index (χ1) is 11.4. The van der Waals surface area contributed by atoms with Crippen molar-refractivity contribution in [3.05, 3.63) is 57.8 Å². The van der Waals surface area contributed by atoms with E-state index >= 15 is 0 Å². The summed E-state index contributed by atoms with van der Waals surface area (Å²) >= 11 is 0. The Morgan fingerprint density at radius 2 is 1.88 bits per heavy atom. The lowest BCUT2D eigenvalue weighted by molar-refractivity contribution is -0.384. The zero-order valence-corrected chi connectivity index (χ0v) is 13.1. The van der Waals surface area contributed by atoms with Gasteiger partial charge in [0.2, 0.25) is 0 Å². The van der Waals surface area contributed by atoms with Gasteiger partial charge in [-0.15, -0.1) is 0 Å². The van der Waals surface area contributed by atoms with E-state index in [4.69, 9.17) is 9.15 Å². The Kier molecular flexibility index (Phi) is 5.26. The fourth-order valence-electron chi connectivity index (χ4n) is 1.99. The lowest BCUT2D eigenvalue weighted by Crippen LogP contribution is -2.13. The van der Waals surface area contributed by atoms with E-state index in [0.717, 1.165) is 0 Å². The second-order valence-corrected chi connectivity index (χ2v) is 4.84. The number of ketones is 1. The number of carbonyl (C=O) groups excluding carboxylic acids is 2. The number of nitro benzene ring substituents is 1. The van der Waals surface area contributed by atoms with Gasteiger partial charge in [0.05, 0.1) is 11.5 Å². The smallest absolute Gasteiger partial charge is 0.341 e. The molecule has 1 aromatic heterocycles. The summed E-state index contributed by atoms with van der Waals surface area (Å²) in [7, 11) is 0. The number of esters is 1. The van der Waals surface area contributed by atoms with Gasteiger partial charge in [-0.05, 0) is 44.2 Å². The minimum atomic E-state index is -0.710. The van der Waals surface area contributed by atoms with E-state index in [0.29, 0.717) is 17.1 Å². The normalized spacial score (nSPS) is 11.2. The van der Waals surface area contributed by atoms with E-state index in [1.54, 1.807) is 31.2 Å². The minimum Gasteiger partial charge on any atom is -0.462 e. The summed E-state index contributed by atoms with van der Waals surface area (Å²) in [6, 6.07) is 9.10. The molecule has 2 aromatic rings. The summed E-state index contributed by atoms with van der Waals surface area (Å²) in [4.78, 5) is 33.5. The molecular weight excluding hydrogens is 314 g/mol. The molecule has 1 aromatic carbocycles. The van der Waals surface area contributed by atoms with Gasteiger partial charge in [0.25, 0.3) is 5.69 Å². The van der Waals surface area contributed by atoms with Gasteiger partial charge in [-0.2, -0.15) is 0 Å². The molecule has 7 heteroatoms. The number of hydrogen-bond acceptors (Lipinski definition) is 6. The summed E-state index contributed by atoms with van der Waals surface area (Å²) in [6.45, 7) is 3.08. The van der Waals surface area contributed by atoms with Crippen LogP contribution in [0.2, 0.25) is 0 Å². The maximum absolute atomic E-state index is 11.8. The van der Waals surface area contributed by atoms with Crippen LogP contribution in [0.1, 0.15) is 19.6 Å². The zero-order chi connectivity index (χ0) is 17.7. The fourth-order valence-corrected chi connectivity index (χ4v) is 1.99. The van der Waals surface area contributed by atoms with Gasteiger partial charge in [0.15, 0.2) is 5.78 Å². The van der Waals surface area contributed by atoms with Gasteiger partial charge in [0.1, 0.15) is 17.1 Å². The summed E-state index contributed by atoms with van der Waals surface area (Å²) in [6.07, 6.45) is 1.31. The predicted molar refractivity (Wildman–Crippen MR) is 86.1 cm³/mol. The molecule has 7 nitrogen and oxygen atoms in total. The Morgan fingerprint density at radius 1 is 1.21 bits per heavy atom. The van der Waals surface area contributed by atoms with Gasteiger partial charge < -0.3 is 9.15 Å². The number of rotatable bonds is 6. The molecule has 1 heterocycles. The van der Waals surface area contributed by atoms with Crippen molar-refractivity contribution >= 4 is 23.5 Å². The second-order valence-electron chi connectivity index (χ2n) is 4.84. The Bertz CT molecular complexity index is 801. The van der Waals surface area contributed by atoms with Crippen LogP contribution in [-0.2, 0) is 14.3 Å². The number of furan rings is 1. The van der Waals surface area contributed by atoms with Crippen LogP contribution >= 0.6 is 0 Å². The van der Waals surface area contributed by atoms with Crippen LogP contribution in [0.15, 0.2) is 46.4 Å². The molecule has 124 valence electrons. The third-order valence-corrected chi connectivity index (χ3v) is 3.15. The number of carbonyl (C=O) groups is 2. The first-order valence-corrected chi connectivity index (χ1v) is 7.16. The maximum atomic E-state index is 11.8. The van der Waals surface area contributed by atoms with Crippen molar-refractivity contribution in [2.75, 3.05) is 6.61 Å². The Hall–Kier alpha value is -3.22. The zero-order valence-electron chi connectivity index (χ0n) is 13.1. The van der Waals surface area contributed by atoms with E-state index in [2.05, 4.69) is 0 Å². The molecule has 0 aliphatic carbocycles. The van der Waals surface area contributed by atoms with Crippen LogP contribution in [0.4, 0.5) is 5.69 Å². The van der Waals surface area contributed by atoms with Crippen molar-refractivity contribution in [3.8, 4) is 11.3 Å². The highest BCUT2D eigenvalue weighted by molar-refractivity contribution is 6.19. The van der Waals surface area contributed by atoms with Crippen molar-refractivity contribution < 1.29 is 23.7 Å². The SMILES string of the molecule is CCOC(=O)C(=Cc1ccc(-c2ccc([N+](=O)[O-])cc2)o1)C(C)=O. The molecule has 0 saturated heterocycles.